The highest BCUT2D eigenvalue weighted by Crippen LogP contribution is 2.30. The van der Waals surface area contributed by atoms with Gasteiger partial charge in [0.1, 0.15) is 0 Å². The Balaban J connectivity index is 2.00. The van der Waals surface area contributed by atoms with E-state index in [0.717, 1.165) is 6.54 Å². The van der Waals surface area contributed by atoms with Crippen LogP contribution in [0.5, 0.6) is 0 Å². The van der Waals surface area contributed by atoms with Crippen LogP contribution in [0.2, 0.25) is 0 Å². The van der Waals surface area contributed by atoms with E-state index in [1.165, 1.54) is 64.8 Å². The average Bonchev–Trinajstić information content (AvgIpc) is 2.85. The monoisotopic (exact) mass is 333 g/mol. The molecule has 0 unspecified atom stereocenters. The van der Waals surface area contributed by atoms with Gasteiger partial charge in [0.25, 0.3) is 5.82 Å². The number of hydrogen-bond acceptors (Lipinski definition) is 0. The van der Waals surface area contributed by atoms with Crippen LogP contribution in [0, 0.1) is 6.92 Å². The van der Waals surface area contributed by atoms with Gasteiger partial charge in [0.15, 0.2) is 11.0 Å². The number of imidazole rings is 1. The molecule has 0 bridgehead atoms. The van der Waals surface area contributed by atoms with Gasteiger partial charge in [-0.3, -0.25) is 0 Å². The van der Waals surface area contributed by atoms with Crippen LogP contribution in [0.4, 0.5) is 0 Å². The first-order valence-electron chi connectivity index (χ1n) is 9.69. The van der Waals surface area contributed by atoms with Gasteiger partial charge in [-0.25, -0.2) is 9.13 Å². The molecule has 0 saturated heterocycles. The Labute approximate surface area is 151 Å². The molecule has 25 heavy (non-hydrogen) atoms. The molecule has 2 heteroatoms. The van der Waals surface area contributed by atoms with E-state index in [4.69, 9.17) is 0 Å². The van der Waals surface area contributed by atoms with Crippen LogP contribution in [0.1, 0.15) is 55.7 Å². The minimum Gasteiger partial charge on any atom is -0.226 e. The first kappa shape index (κ1) is 16.4. The van der Waals surface area contributed by atoms with Crippen molar-refractivity contribution in [2.24, 2.45) is 7.05 Å². The number of rotatable bonds is 2. The van der Waals surface area contributed by atoms with Crippen molar-refractivity contribution in [2.75, 3.05) is 0 Å². The summed E-state index contributed by atoms with van der Waals surface area (Å²) in [5, 5.41) is 0. The standard InChI is InChI=1S/C23H29N2/c1-16(2)19-12-13-20(17(3)15-19)23-24(4)21-11-8-10-18-9-6-5-7-14-25(23)22(18)21/h8,10-13,15-16H,5-7,9,14H2,1-4H3/q+1. The van der Waals surface area contributed by atoms with Crippen molar-refractivity contribution in [3.8, 4) is 11.4 Å². The van der Waals surface area contributed by atoms with Crippen LogP contribution in [0.3, 0.4) is 0 Å². The summed E-state index contributed by atoms with van der Waals surface area (Å²) < 4.78 is 4.99. The van der Waals surface area contributed by atoms with E-state index >= 15 is 0 Å². The molecule has 130 valence electrons. The van der Waals surface area contributed by atoms with Gasteiger partial charge in [-0.1, -0.05) is 38.1 Å². The van der Waals surface area contributed by atoms with E-state index in [1.807, 2.05) is 0 Å². The summed E-state index contributed by atoms with van der Waals surface area (Å²) in [6.07, 6.45) is 5.11. The van der Waals surface area contributed by atoms with Gasteiger partial charge in [-0.05, 0) is 61.8 Å². The fourth-order valence-corrected chi connectivity index (χ4v) is 4.37. The molecule has 1 aliphatic rings. The lowest BCUT2D eigenvalue weighted by molar-refractivity contribution is -0.662. The van der Waals surface area contributed by atoms with Crippen LogP contribution >= 0.6 is 0 Å². The molecule has 2 nitrogen and oxygen atoms in total. The fraction of sp³-hybridized carbons (Fsp3) is 0.435. The summed E-state index contributed by atoms with van der Waals surface area (Å²) in [5.74, 6) is 1.93. The minimum absolute atomic E-state index is 0.574. The Kier molecular flexibility index (Phi) is 4.15. The second-order valence-corrected chi connectivity index (χ2v) is 7.86. The minimum atomic E-state index is 0.574. The fourth-order valence-electron chi connectivity index (χ4n) is 4.37. The van der Waals surface area contributed by atoms with Gasteiger partial charge in [0, 0.05) is 5.56 Å². The van der Waals surface area contributed by atoms with E-state index in [2.05, 4.69) is 73.4 Å². The third-order valence-corrected chi connectivity index (χ3v) is 5.79. The Hall–Kier alpha value is -2.09. The largest absolute Gasteiger partial charge is 0.289 e. The van der Waals surface area contributed by atoms with Crippen molar-refractivity contribution in [3.63, 3.8) is 0 Å². The van der Waals surface area contributed by atoms with Gasteiger partial charge in [0.2, 0.25) is 0 Å². The lowest BCUT2D eigenvalue weighted by Crippen LogP contribution is -2.37. The van der Waals surface area contributed by atoms with Gasteiger partial charge >= 0.3 is 0 Å². The van der Waals surface area contributed by atoms with E-state index in [9.17, 15) is 0 Å². The molecule has 0 spiro atoms. The first-order chi connectivity index (χ1) is 12.1. The summed E-state index contributed by atoms with van der Waals surface area (Å²) in [6, 6.07) is 13.8. The van der Waals surface area contributed by atoms with Gasteiger partial charge < -0.3 is 0 Å². The van der Waals surface area contributed by atoms with Crippen molar-refractivity contribution in [2.45, 2.75) is 58.9 Å². The summed E-state index contributed by atoms with van der Waals surface area (Å²) in [7, 11) is 2.23. The third kappa shape index (κ3) is 2.68. The Morgan fingerprint density at radius 1 is 1.04 bits per heavy atom. The molecule has 0 N–H and O–H groups in total. The highest BCUT2D eigenvalue weighted by Gasteiger charge is 2.28. The zero-order chi connectivity index (χ0) is 17.6. The van der Waals surface area contributed by atoms with Crippen molar-refractivity contribution in [1.82, 2.24) is 4.57 Å². The molecule has 1 aliphatic heterocycles. The highest BCUT2D eigenvalue weighted by atomic mass is 15.2. The predicted molar refractivity (Wildman–Crippen MR) is 105 cm³/mol. The van der Waals surface area contributed by atoms with E-state index in [1.54, 1.807) is 0 Å². The molecule has 4 rings (SSSR count). The molecule has 0 aliphatic carbocycles. The zero-order valence-electron chi connectivity index (χ0n) is 16.0. The first-order valence-corrected chi connectivity index (χ1v) is 9.69. The van der Waals surface area contributed by atoms with E-state index in [-0.39, 0.29) is 0 Å². The molecular weight excluding hydrogens is 304 g/mol. The summed E-state index contributed by atoms with van der Waals surface area (Å²) in [5.41, 5.74) is 8.50. The second-order valence-electron chi connectivity index (χ2n) is 7.86. The Bertz CT molecular complexity index is 931. The van der Waals surface area contributed by atoms with Crippen LogP contribution in [-0.2, 0) is 20.0 Å². The van der Waals surface area contributed by atoms with Crippen LogP contribution < -0.4 is 4.57 Å². The molecule has 0 amide bonds. The molecule has 0 fully saturated rings. The SMILES string of the molecule is Cc1cc(C(C)C)ccc1-c1n(C)c2cccc3c2[n+]1CCCCC3. The van der Waals surface area contributed by atoms with Crippen LogP contribution in [0.25, 0.3) is 22.4 Å². The number of aromatic nitrogens is 2. The lowest BCUT2D eigenvalue weighted by atomic mass is 9.97. The number of benzene rings is 2. The number of nitrogens with zero attached hydrogens (tertiary/aromatic N) is 2. The maximum Gasteiger partial charge on any atom is 0.289 e. The normalized spacial score (nSPS) is 14.8. The zero-order valence-corrected chi connectivity index (χ0v) is 16.0. The molecule has 1 aromatic heterocycles. The van der Waals surface area contributed by atoms with Crippen molar-refractivity contribution in [3.05, 3.63) is 53.1 Å². The number of para-hydroxylation sites is 1. The molecular formula is C23H29N2+. The molecule has 0 atom stereocenters. The van der Waals surface area contributed by atoms with E-state index in [0.29, 0.717) is 5.92 Å². The average molecular weight is 333 g/mol. The van der Waals surface area contributed by atoms with Crippen LogP contribution in [0.15, 0.2) is 36.4 Å². The summed E-state index contributed by atoms with van der Waals surface area (Å²) >= 11 is 0. The molecule has 0 radical (unpaired) electrons. The predicted octanol–water partition coefficient (Wildman–Crippen LogP) is 5.29. The van der Waals surface area contributed by atoms with Crippen molar-refractivity contribution >= 4 is 11.0 Å². The van der Waals surface area contributed by atoms with E-state index < -0.39 is 0 Å². The van der Waals surface area contributed by atoms with Gasteiger partial charge in [-0.15, -0.1) is 0 Å². The molecule has 2 aromatic carbocycles. The third-order valence-electron chi connectivity index (χ3n) is 5.79. The number of hydrogen-bond donors (Lipinski definition) is 0. The van der Waals surface area contributed by atoms with Gasteiger partial charge in [0.05, 0.1) is 19.2 Å². The van der Waals surface area contributed by atoms with Crippen molar-refractivity contribution in [1.29, 1.82) is 0 Å². The van der Waals surface area contributed by atoms with Gasteiger partial charge in [-0.2, -0.15) is 0 Å². The maximum atomic E-state index is 2.58. The summed E-state index contributed by atoms with van der Waals surface area (Å²) in [4.78, 5) is 0. The maximum absolute atomic E-state index is 2.58. The van der Waals surface area contributed by atoms with Crippen molar-refractivity contribution < 1.29 is 4.57 Å². The lowest BCUT2D eigenvalue weighted by Gasteiger charge is -2.12. The molecule has 2 heterocycles. The topological polar surface area (TPSA) is 8.81 Å². The quantitative estimate of drug-likeness (QED) is 0.563. The number of aryl methyl sites for hydroxylation is 4. The van der Waals surface area contributed by atoms with Crippen LogP contribution in [-0.4, -0.2) is 4.57 Å². The summed E-state index contributed by atoms with van der Waals surface area (Å²) in [6.45, 7) is 7.92. The Morgan fingerprint density at radius 3 is 2.64 bits per heavy atom. The molecule has 0 saturated carbocycles. The smallest absolute Gasteiger partial charge is 0.226 e. The second kappa shape index (κ2) is 6.33. The highest BCUT2D eigenvalue weighted by molar-refractivity contribution is 5.79. The molecule has 3 aromatic rings. The Morgan fingerprint density at radius 2 is 1.88 bits per heavy atom.